The summed E-state index contributed by atoms with van der Waals surface area (Å²) in [4.78, 5) is 11.0. The molecule has 0 atom stereocenters. The number of carbonyl (C=O) groups is 1. The molecule has 0 aliphatic heterocycles. The molecule has 0 aromatic heterocycles. The maximum Gasteiger partial charge on any atom is 0.337 e. The summed E-state index contributed by atoms with van der Waals surface area (Å²) in [6, 6.07) is 5.15. The lowest BCUT2D eigenvalue weighted by atomic mass is 10.2. The third kappa shape index (κ3) is 5.00. The lowest BCUT2D eigenvalue weighted by Crippen LogP contribution is -2.07. The van der Waals surface area contributed by atoms with Gasteiger partial charge in [0.1, 0.15) is 0 Å². The summed E-state index contributed by atoms with van der Waals surface area (Å²) in [6.07, 6.45) is 4.28. The Balaban J connectivity index is 2.56. The van der Waals surface area contributed by atoms with E-state index in [1.165, 1.54) is 0 Å². The molecule has 0 aliphatic carbocycles. The number of nitrogens with one attached hydrogen (secondary N) is 1. The first kappa shape index (κ1) is 14.4. The van der Waals surface area contributed by atoms with Gasteiger partial charge in [0.05, 0.1) is 5.56 Å². The fourth-order valence-electron chi connectivity index (χ4n) is 1.44. The average molecular weight is 318 g/mol. The highest BCUT2D eigenvalue weighted by Crippen LogP contribution is 2.21. The van der Waals surface area contributed by atoms with E-state index in [4.69, 9.17) is 5.11 Å². The van der Waals surface area contributed by atoms with E-state index in [1.54, 1.807) is 18.2 Å². The lowest BCUT2D eigenvalue weighted by Gasteiger charge is -2.09. The zero-order valence-corrected chi connectivity index (χ0v) is 12.1. The van der Waals surface area contributed by atoms with E-state index in [9.17, 15) is 4.79 Å². The number of carboxylic acids is 1. The van der Waals surface area contributed by atoms with Gasteiger partial charge in [-0.05, 0) is 43.0 Å². The van der Waals surface area contributed by atoms with Crippen molar-refractivity contribution in [2.45, 2.75) is 12.8 Å². The Morgan fingerprint density at radius 1 is 1.47 bits per heavy atom. The number of hydrogen-bond donors (Lipinski definition) is 2. The molecule has 0 unspecified atom stereocenters. The third-order valence-electron chi connectivity index (χ3n) is 2.30. The normalized spacial score (nSPS) is 10.2. The Labute approximate surface area is 114 Å². The van der Waals surface area contributed by atoms with Gasteiger partial charge in [-0.1, -0.05) is 15.9 Å². The molecule has 0 heterocycles. The van der Waals surface area contributed by atoms with Crippen LogP contribution in [0.25, 0.3) is 0 Å². The Hall–Kier alpha value is -0.680. The lowest BCUT2D eigenvalue weighted by molar-refractivity contribution is 0.0698. The Morgan fingerprint density at radius 3 is 2.88 bits per heavy atom. The van der Waals surface area contributed by atoms with E-state index in [0.717, 1.165) is 29.6 Å². The van der Waals surface area contributed by atoms with Crippen LogP contribution in [0.2, 0.25) is 0 Å². The summed E-state index contributed by atoms with van der Waals surface area (Å²) < 4.78 is 0.883. The molecule has 0 fully saturated rings. The van der Waals surface area contributed by atoms with Gasteiger partial charge in [-0.15, -0.1) is 0 Å². The number of carboxylic acid groups (broad SMARTS) is 1. The molecule has 17 heavy (non-hydrogen) atoms. The zero-order chi connectivity index (χ0) is 12.7. The molecule has 94 valence electrons. The number of hydrogen-bond acceptors (Lipinski definition) is 3. The Bertz CT molecular complexity index is 385. The summed E-state index contributed by atoms with van der Waals surface area (Å²) >= 11 is 5.17. The molecule has 2 N–H and O–H groups in total. The van der Waals surface area contributed by atoms with E-state index in [-0.39, 0.29) is 0 Å². The first-order chi connectivity index (χ1) is 8.15. The van der Waals surface area contributed by atoms with Gasteiger partial charge in [0, 0.05) is 16.7 Å². The van der Waals surface area contributed by atoms with Gasteiger partial charge in [0.2, 0.25) is 0 Å². The number of rotatable bonds is 7. The number of thioether (sulfide) groups is 1. The highest BCUT2D eigenvalue weighted by Gasteiger charge is 2.09. The van der Waals surface area contributed by atoms with Gasteiger partial charge in [-0.2, -0.15) is 11.8 Å². The molecule has 3 nitrogen and oxygen atoms in total. The van der Waals surface area contributed by atoms with Crippen LogP contribution < -0.4 is 5.32 Å². The topological polar surface area (TPSA) is 49.3 Å². The van der Waals surface area contributed by atoms with Crippen LogP contribution in [0.3, 0.4) is 0 Å². The van der Waals surface area contributed by atoms with Gasteiger partial charge >= 0.3 is 5.97 Å². The second kappa shape index (κ2) is 7.61. The third-order valence-corrected chi connectivity index (χ3v) is 3.49. The molecule has 5 heteroatoms. The van der Waals surface area contributed by atoms with E-state index < -0.39 is 5.97 Å². The summed E-state index contributed by atoms with van der Waals surface area (Å²) in [5.41, 5.74) is 0.995. The molecule has 0 saturated carbocycles. The minimum absolute atomic E-state index is 0.318. The molecule has 0 spiro atoms. The van der Waals surface area contributed by atoms with Crippen LogP contribution in [0.15, 0.2) is 22.7 Å². The molecule has 0 radical (unpaired) electrons. The highest BCUT2D eigenvalue weighted by atomic mass is 79.9. The zero-order valence-electron chi connectivity index (χ0n) is 9.70. The van der Waals surface area contributed by atoms with Crippen molar-refractivity contribution >= 4 is 39.3 Å². The van der Waals surface area contributed by atoms with Crippen LogP contribution in [0.4, 0.5) is 5.69 Å². The smallest absolute Gasteiger partial charge is 0.337 e. The van der Waals surface area contributed by atoms with Gasteiger partial charge in [-0.25, -0.2) is 4.79 Å². The molecule has 0 saturated heterocycles. The van der Waals surface area contributed by atoms with Crippen LogP contribution in [0.1, 0.15) is 23.2 Å². The Morgan fingerprint density at radius 2 is 2.24 bits per heavy atom. The minimum Gasteiger partial charge on any atom is -0.478 e. The van der Waals surface area contributed by atoms with Crippen molar-refractivity contribution in [1.29, 1.82) is 0 Å². The van der Waals surface area contributed by atoms with E-state index in [2.05, 4.69) is 27.5 Å². The molecule has 1 aromatic carbocycles. The monoisotopic (exact) mass is 317 g/mol. The van der Waals surface area contributed by atoms with Crippen molar-refractivity contribution in [3.05, 3.63) is 28.2 Å². The quantitative estimate of drug-likeness (QED) is 0.753. The second-order valence-corrected chi connectivity index (χ2v) is 5.52. The number of halogens is 1. The second-order valence-electron chi connectivity index (χ2n) is 3.62. The van der Waals surface area contributed by atoms with Crippen molar-refractivity contribution in [3.63, 3.8) is 0 Å². The van der Waals surface area contributed by atoms with Crippen molar-refractivity contribution in [2.24, 2.45) is 0 Å². The maximum atomic E-state index is 11.0. The predicted molar refractivity (Wildman–Crippen MR) is 77.2 cm³/mol. The van der Waals surface area contributed by atoms with Crippen molar-refractivity contribution < 1.29 is 9.90 Å². The van der Waals surface area contributed by atoms with E-state index >= 15 is 0 Å². The highest BCUT2D eigenvalue weighted by molar-refractivity contribution is 9.10. The van der Waals surface area contributed by atoms with Crippen LogP contribution >= 0.6 is 27.7 Å². The molecule has 1 rings (SSSR count). The average Bonchev–Trinajstić information content (AvgIpc) is 2.28. The molecular weight excluding hydrogens is 302 g/mol. The standard InChI is InChI=1S/C12H16BrNO2S/c1-17-7-3-2-6-14-11-8-9(13)4-5-10(11)12(15)16/h4-5,8,14H,2-3,6-7H2,1H3,(H,15,16). The summed E-state index contributed by atoms with van der Waals surface area (Å²) in [5.74, 6) is 0.246. The number of aromatic carboxylic acids is 1. The van der Waals surface area contributed by atoms with Gasteiger partial charge in [-0.3, -0.25) is 0 Å². The SMILES string of the molecule is CSCCCCNc1cc(Br)ccc1C(=O)O. The van der Waals surface area contributed by atoms with E-state index in [1.807, 2.05) is 11.8 Å². The summed E-state index contributed by atoms with van der Waals surface area (Å²) in [7, 11) is 0. The first-order valence-corrected chi connectivity index (χ1v) is 7.59. The van der Waals surface area contributed by atoms with Crippen LogP contribution in [0.5, 0.6) is 0 Å². The van der Waals surface area contributed by atoms with E-state index in [0.29, 0.717) is 11.3 Å². The Kier molecular flexibility index (Phi) is 6.44. The molecule has 0 amide bonds. The largest absolute Gasteiger partial charge is 0.478 e. The molecule has 1 aromatic rings. The fraction of sp³-hybridized carbons (Fsp3) is 0.417. The van der Waals surface area contributed by atoms with Crippen molar-refractivity contribution in [2.75, 3.05) is 23.9 Å². The molecule has 0 aliphatic rings. The van der Waals surface area contributed by atoms with Gasteiger partial charge in [0.25, 0.3) is 0 Å². The molecular formula is C12H16BrNO2S. The number of benzene rings is 1. The first-order valence-electron chi connectivity index (χ1n) is 5.41. The number of unbranched alkanes of at least 4 members (excludes halogenated alkanes) is 1. The summed E-state index contributed by atoms with van der Waals surface area (Å²) in [6.45, 7) is 0.803. The predicted octanol–water partition coefficient (Wildman–Crippen LogP) is 3.70. The number of anilines is 1. The fourth-order valence-corrected chi connectivity index (χ4v) is 2.30. The van der Waals surface area contributed by atoms with Crippen molar-refractivity contribution in [1.82, 2.24) is 0 Å². The maximum absolute atomic E-state index is 11.0. The van der Waals surface area contributed by atoms with Gasteiger partial charge < -0.3 is 10.4 Å². The van der Waals surface area contributed by atoms with Gasteiger partial charge in [0.15, 0.2) is 0 Å². The van der Waals surface area contributed by atoms with Crippen LogP contribution in [-0.2, 0) is 0 Å². The summed E-state index contributed by atoms with van der Waals surface area (Å²) in [5, 5.41) is 12.2. The van der Waals surface area contributed by atoms with Crippen LogP contribution in [-0.4, -0.2) is 29.6 Å². The van der Waals surface area contributed by atoms with Crippen molar-refractivity contribution in [3.8, 4) is 0 Å². The van der Waals surface area contributed by atoms with Crippen LogP contribution in [0, 0.1) is 0 Å². The minimum atomic E-state index is -0.899. The molecule has 0 bridgehead atoms.